The molecule has 0 N–H and O–H groups in total. The van der Waals surface area contributed by atoms with E-state index in [4.69, 9.17) is 5.26 Å². The molecule has 7 heteroatoms. The third-order valence-corrected chi connectivity index (χ3v) is 1.19. The number of halogens is 3. The number of ketones is 1. The highest BCUT2D eigenvalue weighted by molar-refractivity contribution is 6.04. The Morgan fingerprint density at radius 3 is 2.29 bits per heavy atom. The number of nitrogens with zero attached hydrogens (tertiary/aromatic N) is 1. The standard InChI is InChI=1S/C7H6F3NO3/c1-2-14-6(13)4(3-11)5(12)7(8,9)10/h4H,2H2,1H3. The highest BCUT2D eigenvalue weighted by Crippen LogP contribution is 2.21. The van der Waals surface area contributed by atoms with Gasteiger partial charge in [-0.05, 0) is 6.92 Å². The van der Waals surface area contributed by atoms with Gasteiger partial charge in [0.1, 0.15) is 0 Å². The Morgan fingerprint density at radius 1 is 1.50 bits per heavy atom. The molecular weight excluding hydrogens is 203 g/mol. The number of Topliss-reactive ketones (excluding diaryl/α,β-unsaturated/α-hetero) is 1. The number of hydrogen-bond acceptors (Lipinski definition) is 4. The Kier molecular flexibility index (Phi) is 4.08. The van der Waals surface area contributed by atoms with Gasteiger partial charge in [-0.15, -0.1) is 0 Å². The fraction of sp³-hybridized carbons (Fsp3) is 0.571. The van der Waals surface area contributed by atoms with Gasteiger partial charge >= 0.3 is 12.1 Å². The van der Waals surface area contributed by atoms with E-state index in [0.717, 1.165) is 6.07 Å². The van der Waals surface area contributed by atoms with Crippen molar-refractivity contribution < 1.29 is 27.5 Å². The van der Waals surface area contributed by atoms with Gasteiger partial charge in [-0.3, -0.25) is 9.59 Å². The molecule has 0 fully saturated rings. The molecule has 0 radical (unpaired) electrons. The Balaban J connectivity index is 4.68. The van der Waals surface area contributed by atoms with Gasteiger partial charge in [0.25, 0.3) is 5.78 Å². The zero-order chi connectivity index (χ0) is 11.4. The molecule has 1 atom stereocenters. The lowest BCUT2D eigenvalue weighted by molar-refractivity contribution is -0.178. The van der Waals surface area contributed by atoms with E-state index in [1.165, 1.54) is 6.92 Å². The third kappa shape index (κ3) is 3.05. The fourth-order valence-corrected chi connectivity index (χ4v) is 0.608. The van der Waals surface area contributed by atoms with Gasteiger partial charge in [-0.2, -0.15) is 18.4 Å². The largest absolute Gasteiger partial charge is 0.465 e. The number of carbonyl (C=O) groups excluding carboxylic acids is 2. The van der Waals surface area contributed by atoms with E-state index < -0.39 is 23.8 Å². The Bertz CT molecular complexity index is 279. The first-order valence-corrected chi connectivity index (χ1v) is 3.51. The second-order valence-corrected chi connectivity index (χ2v) is 2.18. The number of esters is 1. The van der Waals surface area contributed by atoms with Crippen LogP contribution in [0, 0.1) is 17.2 Å². The van der Waals surface area contributed by atoms with E-state index in [-0.39, 0.29) is 6.61 Å². The summed E-state index contributed by atoms with van der Waals surface area (Å²) in [5, 5.41) is 8.19. The summed E-state index contributed by atoms with van der Waals surface area (Å²) in [5.74, 6) is -6.30. The fourth-order valence-electron chi connectivity index (χ4n) is 0.608. The van der Waals surface area contributed by atoms with Crippen molar-refractivity contribution in [2.75, 3.05) is 6.61 Å². The number of rotatable bonds is 3. The minimum atomic E-state index is -5.20. The summed E-state index contributed by atoms with van der Waals surface area (Å²) in [7, 11) is 0. The van der Waals surface area contributed by atoms with Crippen LogP contribution >= 0.6 is 0 Å². The van der Waals surface area contributed by atoms with Crippen LogP contribution in [0.4, 0.5) is 13.2 Å². The number of alkyl halides is 3. The van der Waals surface area contributed by atoms with Gasteiger partial charge in [0, 0.05) is 0 Å². The highest BCUT2D eigenvalue weighted by Gasteiger charge is 2.47. The summed E-state index contributed by atoms with van der Waals surface area (Å²) in [4.78, 5) is 21.2. The quantitative estimate of drug-likeness (QED) is 0.509. The second-order valence-electron chi connectivity index (χ2n) is 2.18. The van der Waals surface area contributed by atoms with E-state index in [2.05, 4.69) is 4.74 Å². The maximum Gasteiger partial charge on any atom is 0.452 e. The molecule has 14 heavy (non-hydrogen) atoms. The molecule has 0 spiro atoms. The molecule has 0 saturated heterocycles. The highest BCUT2D eigenvalue weighted by atomic mass is 19.4. The van der Waals surface area contributed by atoms with Crippen LogP contribution in [0.3, 0.4) is 0 Å². The maximum absolute atomic E-state index is 11.8. The van der Waals surface area contributed by atoms with E-state index in [9.17, 15) is 22.8 Å². The third-order valence-electron chi connectivity index (χ3n) is 1.19. The average Bonchev–Trinajstić information content (AvgIpc) is 2.04. The molecule has 4 nitrogen and oxygen atoms in total. The first-order chi connectivity index (χ1) is 6.34. The van der Waals surface area contributed by atoms with Gasteiger partial charge in [0.15, 0.2) is 0 Å². The number of ether oxygens (including phenoxy) is 1. The zero-order valence-corrected chi connectivity index (χ0v) is 7.09. The van der Waals surface area contributed by atoms with Crippen molar-refractivity contribution in [1.29, 1.82) is 5.26 Å². The number of hydrogen-bond donors (Lipinski definition) is 0. The lowest BCUT2D eigenvalue weighted by atomic mass is 10.1. The van der Waals surface area contributed by atoms with Crippen LogP contribution in [-0.4, -0.2) is 24.5 Å². The molecule has 0 bridgehead atoms. The van der Waals surface area contributed by atoms with Crippen molar-refractivity contribution in [2.24, 2.45) is 5.92 Å². The Labute approximate surface area is 77.3 Å². The summed E-state index contributed by atoms with van der Waals surface area (Å²) < 4.78 is 39.5. The van der Waals surface area contributed by atoms with Crippen molar-refractivity contribution in [2.45, 2.75) is 13.1 Å². The minimum Gasteiger partial charge on any atom is -0.465 e. The predicted molar refractivity (Wildman–Crippen MR) is 36.8 cm³/mol. The van der Waals surface area contributed by atoms with E-state index in [0.29, 0.717) is 0 Å². The summed E-state index contributed by atoms with van der Waals surface area (Å²) in [5.41, 5.74) is 0. The first kappa shape index (κ1) is 12.4. The molecule has 0 aromatic carbocycles. The topological polar surface area (TPSA) is 67.2 Å². The second kappa shape index (κ2) is 4.60. The number of nitriles is 1. The molecule has 0 heterocycles. The van der Waals surface area contributed by atoms with Crippen molar-refractivity contribution >= 4 is 11.8 Å². The first-order valence-electron chi connectivity index (χ1n) is 3.51. The van der Waals surface area contributed by atoms with Gasteiger partial charge in [0.2, 0.25) is 5.92 Å². The zero-order valence-electron chi connectivity index (χ0n) is 7.09. The maximum atomic E-state index is 11.8. The molecule has 0 saturated carbocycles. The summed E-state index contributed by atoms with van der Waals surface area (Å²) in [6.45, 7) is 1.16. The molecule has 78 valence electrons. The van der Waals surface area contributed by atoms with Crippen LogP contribution in [0.5, 0.6) is 0 Å². The van der Waals surface area contributed by atoms with Crippen molar-refractivity contribution in [3.8, 4) is 6.07 Å². The monoisotopic (exact) mass is 209 g/mol. The van der Waals surface area contributed by atoms with Crippen LogP contribution in [0.15, 0.2) is 0 Å². The summed E-state index contributed by atoms with van der Waals surface area (Å²) in [6.07, 6.45) is -5.20. The normalized spacial score (nSPS) is 12.8. The smallest absolute Gasteiger partial charge is 0.452 e. The molecule has 0 aromatic heterocycles. The van der Waals surface area contributed by atoms with Crippen molar-refractivity contribution in [3.63, 3.8) is 0 Å². The van der Waals surface area contributed by atoms with Crippen molar-refractivity contribution in [1.82, 2.24) is 0 Å². The van der Waals surface area contributed by atoms with Crippen molar-refractivity contribution in [3.05, 3.63) is 0 Å². The molecule has 0 aliphatic rings. The average molecular weight is 209 g/mol. The molecule has 0 aromatic rings. The lowest BCUT2D eigenvalue weighted by Crippen LogP contribution is -2.35. The van der Waals surface area contributed by atoms with Crippen LogP contribution in [0.2, 0.25) is 0 Å². The Morgan fingerprint density at radius 2 is 2.00 bits per heavy atom. The van der Waals surface area contributed by atoms with Crippen LogP contribution in [-0.2, 0) is 14.3 Å². The van der Waals surface area contributed by atoms with Crippen LogP contribution in [0.25, 0.3) is 0 Å². The van der Waals surface area contributed by atoms with Crippen LogP contribution < -0.4 is 0 Å². The molecule has 0 aliphatic heterocycles. The van der Waals surface area contributed by atoms with E-state index in [1.54, 1.807) is 0 Å². The molecule has 0 rings (SSSR count). The van der Waals surface area contributed by atoms with Gasteiger partial charge in [-0.25, -0.2) is 0 Å². The van der Waals surface area contributed by atoms with Gasteiger partial charge in [0.05, 0.1) is 12.7 Å². The SMILES string of the molecule is CCOC(=O)C(C#N)C(=O)C(F)(F)F. The van der Waals surface area contributed by atoms with Gasteiger partial charge < -0.3 is 4.74 Å². The summed E-state index contributed by atoms with van der Waals surface area (Å²) >= 11 is 0. The Hall–Kier alpha value is -1.58. The molecule has 0 amide bonds. The molecule has 1 unspecified atom stereocenters. The predicted octanol–water partition coefficient (Wildman–Crippen LogP) is 0.821. The van der Waals surface area contributed by atoms with E-state index in [1.807, 2.05) is 0 Å². The van der Waals surface area contributed by atoms with Gasteiger partial charge in [-0.1, -0.05) is 0 Å². The lowest BCUT2D eigenvalue weighted by Gasteiger charge is -2.09. The summed E-state index contributed by atoms with van der Waals surface area (Å²) in [6, 6.07) is 0.949. The minimum absolute atomic E-state index is 0.192. The molecule has 0 aliphatic carbocycles. The molecular formula is C7H6F3NO3. The van der Waals surface area contributed by atoms with Crippen LogP contribution in [0.1, 0.15) is 6.92 Å². The number of carbonyl (C=O) groups is 2. The van der Waals surface area contributed by atoms with E-state index >= 15 is 0 Å².